The monoisotopic (exact) mass is 437 g/mol. The van der Waals surface area contributed by atoms with Crippen LogP contribution in [0.3, 0.4) is 0 Å². The zero-order chi connectivity index (χ0) is 20.6. The fourth-order valence-electron chi connectivity index (χ4n) is 3.35. The number of hydrogen-bond donors (Lipinski definition) is 0. The van der Waals surface area contributed by atoms with Gasteiger partial charge in [0.1, 0.15) is 0 Å². The zero-order valence-electron chi connectivity index (χ0n) is 15.4. The number of aromatic nitrogens is 2. The zero-order valence-corrected chi connectivity index (χ0v) is 17.0. The summed E-state index contributed by atoms with van der Waals surface area (Å²) in [5.41, 5.74) is 0.150. The largest absolute Gasteiger partial charge is 0.338 e. The summed E-state index contributed by atoms with van der Waals surface area (Å²) < 4.78 is 52.0. The van der Waals surface area contributed by atoms with E-state index in [0.717, 1.165) is 4.31 Å². The number of rotatable bonds is 4. The van der Waals surface area contributed by atoms with Crippen molar-refractivity contribution in [1.29, 1.82) is 0 Å². The Hall–Kier alpha value is -2.57. The number of nitrogens with zero attached hydrogens (tertiary/aromatic N) is 5. The summed E-state index contributed by atoms with van der Waals surface area (Å²) >= 11 is 0. The molecule has 1 aromatic carbocycles. The smallest absolute Gasteiger partial charge is 0.243 e. The van der Waals surface area contributed by atoms with Gasteiger partial charge in [-0.3, -0.25) is 4.79 Å². The van der Waals surface area contributed by atoms with E-state index >= 15 is 0 Å². The van der Waals surface area contributed by atoms with Crippen LogP contribution >= 0.6 is 0 Å². The highest BCUT2D eigenvalue weighted by molar-refractivity contribution is 7.94. The van der Waals surface area contributed by atoms with Crippen LogP contribution in [0.4, 0.5) is 11.6 Å². The molecular weight excluding hydrogens is 418 g/mol. The first-order valence-electron chi connectivity index (χ1n) is 8.97. The molecule has 10 nitrogen and oxygen atoms in total. The number of carbonyl (C=O) groups is 1. The van der Waals surface area contributed by atoms with Gasteiger partial charge in [-0.25, -0.2) is 31.1 Å². The molecule has 154 valence electrons. The maximum Gasteiger partial charge on any atom is 0.243 e. The highest BCUT2D eigenvalue weighted by Gasteiger charge is 2.36. The van der Waals surface area contributed by atoms with Crippen LogP contribution in [0.2, 0.25) is 0 Å². The second kappa shape index (κ2) is 7.35. The van der Waals surface area contributed by atoms with Crippen molar-refractivity contribution >= 4 is 37.6 Å². The van der Waals surface area contributed by atoms with Gasteiger partial charge in [-0.05, 0) is 30.3 Å². The fraction of sp³-hybridized carbons (Fsp3) is 0.353. The van der Waals surface area contributed by atoms with Gasteiger partial charge in [-0.2, -0.15) is 4.31 Å². The number of benzene rings is 1. The van der Waals surface area contributed by atoms with E-state index < -0.39 is 26.0 Å². The summed E-state index contributed by atoms with van der Waals surface area (Å²) in [4.78, 5) is 22.2. The first kappa shape index (κ1) is 19.7. The number of carbonyl (C=O) groups excluding carboxylic acids is 1. The molecule has 2 saturated heterocycles. The van der Waals surface area contributed by atoms with Crippen LogP contribution in [-0.2, 0) is 24.8 Å². The van der Waals surface area contributed by atoms with E-state index in [1.165, 1.54) is 28.6 Å². The third-order valence-electron chi connectivity index (χ3n) is 4.86. The van der Waals surface area contributed by atoms with Crippen LogP contribution in [0.15, 0.2) is 47.6 Å². The average Bonchev–Trinajstić information content (AvgIpc) is 3.01. The summed E-state index contributed by atoms with van der Waals surface area (Å²) in [6, 6.07) is 7.08. The van der Waals surface area contributed by atoms with Gasteiger partial charge in [0.25, 0.3) is 0 Å². The molecule has 2 aliphatic rings. The van der Waals surface area contributed by atoms with Crippen LogP contribution in [0.5, 0.6) is 0 Å². The van der Waals surface area contributed by atoms with Gasteiger partial charge in [-0.15, -0.1) is 0 Å². The van der Waals surface area contributed by atoms with Crippen molar-refractivity contribution in [3.05, 3.63) is 42.7 Å². The third kappa shape index (κ3) is 3.70. The first-order chi connectivity index (χ1) is 13.8. The summed E-state index contributed by atoms with van der Waals surface area (Å²) in [6.07, 6.45) is 3.20. The highest BCUT2D eigenvalue weighted by atomic mass is 32.2. The Balaban J connectivity index is 1.49. The van der Waals surface area contributed by atoms with E-state index in [1.807, 2.05) is 4.90 Å². The quantitative estimate of drug-likeness (QED) is 0.658. The molecule has 2 fully saturated rings. The molecule has 0 N–H and O–H groups in total. The van der Waals surface area contributed by atoms with E-state index in [2.05, 4.69) is 9.97 Å². The van der Waals surface area contributed by atoms with E-state index in [0.29, 0.717) is 19.0 Å². The van der Waals surface area contributed by atoms with Gasteiger partial charge in [-0.1, -0.05) is 0 Å². The Morgan fingerprint density at radius 1 is 0.931 bits per heavy atom. The maximum absolute atomic E-state index is 12.9. The number of amides is 1. The molecule has 0 atom stereocenters. The van der Waals surface area contributed by atoms with Crippen molar-refractivity contribution in [1.82, 2.24) is 14.3 Å². The van der Waals surface area contributed by atoms with Gasteiger partial charge in [0.05, 0.1) is 16.3 Å². The molecule has 0 bridgehead atoms. The summed E-state index contributed by atoms with van der Waals surface area (Å²) in [7, 11) is -7.42. The van der Waals surface area contributed by atoms with Crippen molar-refractivity contribution in [2.24, 2.45) is 0 Å². The second-order valence-corrected chi connectivity index (χ2v) is 10.5. The number of anilines is 2. The minimum Gasteiger partial charge on any atom is -0.338 e. The molecule has 2 aliphatic heterocycles. The van der Waals surface area contributed by atoms with Crippen LogP contribution in [0.25, 0.3) is 0 Å². The van der Waals surface area contributed by atoms with E-state index in [1.54, 1.807) is 18.5 Å². The van der Waals surface area contributed by atoms with Crippen LogP contribution < -0.4 is 9.21 Å². The van der Waals surface area contributed by atoms with Crippen LogP contribution in [0.1, 0.15) is 6.42 Å². The first-order valence-corrected chi connectivity index (χ1v) is 12.0. The SMILES string of the molecule is O=C1CCS(=O)(=O)N1c1ccc(S(=O)(=O)N2CCN(c3ncccn3)CC2)cc1. The molecule has 1 amide bonds. The van der Waals surface area contributed by atoms with Crippen molar-refractivity contribution < 1.29 is 21.6 Å². The highest BCUT2D eigenvalue weighted by Crippen LogP contribution is 2.27. The molecule has 0 saturated carbocycles. The Labute approximate surface area is 168 Å². The van der Waals surface area contributed by atoms with Gasteiger partial charge in [0.15, 0.2) is 0 Å². The Bertz CT molecular complexity index is 1110. The van der Waals surface area contributed by atoms with Gasteiger partial charge in [0, 0.05) is 45.0 Å². The lowest BCUT2D eigenvalue weighted by Crippen LogP contribution is -2.49. The maximum atomic E-state index is 12.9. The molecule has 2 aromatic rings. The Morgan fingerprint density at radius 2 is 1.55 bits per heavy atom. The lowest BCUT2D eigenvalue weighted by atomic mass is 10.3. The molecule has 12 heteroatoms. The van der Waals surface area contributed by atoms with Crippen molar-refractivity contribution in [3.8, 4) is 0 Å². The average molecular weight is 438 g/mol. The molecule has 0 unspecified atom stereocenters. The molecule has 0 radical (unpaired) electrons. The standard InChI is InChI=1S/C17H19N5O5S2/c23-16-6-13-28(24,25)22(16)14-2-4-15(5-3-14)29(26,27)21-11-9-20(10-12-21)17-18-7-1-8-19-17/h1-5,7-8H,6,9-13H2. The predicted molar refractivity (Wildman–Crippen MR) is 105 cm³/mol. The fourth-order valence-corrected chi connectivity index (χ4v) is 6.24. The van der Waals surface area contributed by atoms with E-state index in [4.69, 9.17) is 0 Å². The Kier molecular flexibility index (Phi) is 5.00. The minimum absolute atomic E-state index is 0.0507. The summed E-state index contributed by atoms with van der Waals surface area (Å²) in [5.74, 6) is -0.188. The van der Waals surface area contributed by atoms with E-state index in [-0.39, 0.29) is 35.8 Å². The molecule has 29 heavy (non-hydrogen) atoms. The predicted octanol–water partition coefficient (Wildman–Crippen LogP) is 0.0540. The van der Waals surface area contributed by atoms with Crippen LogP contribution in [-0.4, -0.2) is 68.9 Å². The second-order valence-electron chi connectivity index (χ2n) is 6.66. The third-order valence-corrected chi connectivity index (χ3v) is 8.46. The molecule has 3 heterocycles. The number of sulfonamides is 2. The summed E-state index contributed by atoms with van der Waals surface area (Å²) in [5, 5.41) is 0. The van der Waals surface area contributed by atoms with Crippen molar-refractivity contribution in [2.75, 3.05) is 41.1 Å². The lowest BCUT2D eigenvalue weighted by molar-refractivity contribution is -0.116. The molecule has 0 aliphatic carbocycles. The van der Waals surface area contributed by atoms with Crippen LogP contribution in [0, 0.1) is 0 Å². The van der Waals surface area contributed by atoms with Crippen molar-refractivity contribution in [3.63, 3.8) is 0 Å². The van der Waals surface area contributed by atoms with Gasteiger partial charge in [0.2, 0.25) is 31.9 Å². The van der Waals surface area contributed by atoms with Gasteiger partial charge < -0.3 is 4.90 Å². The Morgan fingerprint density at radius 3 is 2.10 bits per heavy atom. The number of hydrogen-bond acceptors (Lipinski definition) is 8. The molecule has 4 rings (SSSR count). The van der Waals surface area contributed by atoms with Crippen molar-refractivity contribution in [2.45, 2.75) is 11.3 Å². The number of piperazine rings is 1. The lowest BCUT2D eigenvalue weighted by Gasteiger charge is -2.33. The molecule has 0 spiro atoms. The van der Waals surface area contributed by atoms with E-state index in [9.17, 15) is 21.6 Å². The summed E-state index contributed by atoms with van der Waals surface area (Å²) in [6.45, 7) is 1.48. The minimum atomic E-state index is -3.74. The molecular formula is C17H19N5O5S2. The topological polar surface area (TPSA) is 121 Å². The molecule has 1 aromatic heterocycles. The normalized spacial score (nSPS) is 20.2. The van der Waals surface area contributed by atoms with Gasteiger partial charge >= 0.3 is 0 Å².